The van der Waals surface area contributed by atoms with Crippen molar-refractivity contribution >= 4 is 21.9 Å². The number of halogens is 2. The van der Waals surface area contributed by atoms with Gasteiger partial charge in [0, 0.05) is 18.1 Å². The smallest absolute Gasteiger partial charge is 0.242 e. The van der Waals surface area contributed by atoms with Gasteiger partial charge in [-0.1, -0.05) is 21.0 Å². The van der Waals surface area contributed by atoms with E-state index in [0.717, 1.165) is 10.0 Å². The molecule has 0 saturated carbocycles. The first kappa shape index (κ1) is 11.0. The average molecular weight is 286 g/mol. The van der Waals surface area contributed by atoms with Crippen LogP contribution in [0.15, 0.2) is 22.7 Å². The van der Waals surface area contributed by atoms with Crippen molar-refractivity contribution in [2.75, 3.05) is 5.32 Å². The number of tetrazole rings is 1. The lowest BCUT2D eigenvalue weighted by molar-refractivity contribution is 0.625. The predicted octanol–water partition coefficient (Wildman–Crippen LogP) is 1.72. The van der Waals surface area contributed by atoms with Crippen LogP contribution in [0.3, 0.4) is 0 Å². The number of hydrogen-bond acceptors (Lipinski definition) is 4. The van der Waals surface area contributed by atoms with Crippen molar-refractivity contribution in [2.45, 2.75) is 6.54 Å². The van der Waals surface area contributed by atoms with Gasteiger partial charge in [-0.25, -0.2) is 9.07 Å². The Kier molecular flexibility index (Phi) is 3.14. The van der Waals surface area contributed by atoms with Crippen molar-refractivity contribution in [2.24, 2.45) is 7.05 Å². The SMILES string of the molecule is Cn1nnnc1NCc1cc(F)ccc1Br. The van der Waals surface area contributed by atoms with Gasteiger partial charge in [0.25, 0.3) is 0 Å². The van der Waals surface area contributed by atoms with Gasteiger partial charge in [0.2, 0.25) is 5.95 Å². The van der Waals surface area contributed by atoms with Crippen molar-refractivity contribution in [1.29, 1.82) is 0 Å². The minimum Gasteiger partial charge on any atom is -0.349 e. The molecule has 0 fully saturated rings. The third-order valence-corrected chi connectivity index (χ3v) is 2.84. The Labute approximate surface area is 99.8 Å². The molecule has 0 unspecified atom stereocenters. The first-order chi connectivity index (χ1) is 7.66. The number of nitrogens with one attached hydrogen (secondary N) is 1. The van der Waals surface area contributed by atoms with Crippen LogP contribution in [0.5, 0.6) is 0 Å². The maximum atomic E-state index is 13.0. The Bertz CT molecular complexity index is 498. The van der Waals surface area contributed by atoms with Gasteiger partial charge in [-0.15, -0.1) is 0 Å². The van der Waals surface area contributed by atoms with Crippen LogP contribution in [0, 0.1) is 5.82 Å². The normalized spacial score (nSPS) is 10.4. The molecular formula is C9H9BrFN5. The molecule has 0 aliphatic rings. The minimum atomic E-state index is -0.268. The fraction of sp³-hybridized carbons (Fsp3) is 0.222. The van der Waals surface area contributed by atoms with Crippen LogP contribution in [-0.4, -0.2) is 20.2 Å². The van der Waals surface area contributed by atoms with Crippen molar-refractivity contribution in [3.8, 4) is 0 Å². The Morgan fingerprint density at radius 1 is 1.50 bits per heavy atom. The quantitative estimate of drug-likeness (QED) is 0.933. The summed E-state index contributed by atoms with van der Waals surface area (Å²) in [7, 11) is 1.73. The van der Waals surface area contributed by atoms with Gasteiger partial charge in [-0.2, -0.15) is 0 Å². The molecule has 0 saturated heterocycles. The number of benzene rings is 1. The van der Waals surface area contributed by atoms with E-state index in [1.165, 1.54) is 16.8 Å². The highest BCUT2D eigenvalue weighted by atomic mass is 79.9. The molecule has 0 amide bonds. The summed E-state index contributed by atoms with van der Waals surface area (Å²) in [5.41, 5.74) is 0.808. The molecule has 0 bridgehead atoms. The lowest BCUT2D eigenvalue weighted by Crippen LogP contribution is -2.06. The largest absolute Gasteiger partial charge is 0.349 e. The van der Waals surface area contributed by atoms with E-state index in [0.29, 0.717) is 12.5 Å². The fourth-order valence-electron chi connectivity index (χ4n) is 1.23. The van der Waals surface area contributed by atoms with Gasteiger partial charge in [-0.3, -0.25) is 0 Å². The van der Waals surface area contributed by atoms with E-state index >= 15 is 0 Å². The number of rotatable bonds is 3. The maximum Gasteiger partial charge on any atom is 0.242 e. The lowest BCUT2D eigenvalue weighted by atomic mass is 10.2. The molecule has 0 radical (unpaired) electrons. The first-order valence-corrected chi connectivity index (χ1v) is 5.36. The zero-order valence-corrected chi connectivity index (χ0v) is 10.1. The van der Waals surface area contributed by atoms with E-state index in [1.807, 2.05) is 0 Å². The molecule has 16 heavy (non-hydrogen) atoms. The first-order valence-electron chi connectivity index (χ1n) is 4.57. The Balaban J connectivity index is 2.10. The highest BCUT2D eigenvalue weighted by Crippen LogP contribution is 2.18. The number of nitrogens with zero attached hydrogens (tertiary/aromatic N) is 4. The molecule has 1 aromatic carbocycles. The van der Waals surface area contributed by atoms with Crippen LogP contribution in [0.25, 0.3) is 0 Å². The Morgan fingerprint density at radius 3 is 3.00 bits per heavy atom. The molecule has 0 atom stereocenters. The molecule has 0 spiro atoms. The second kappa shape index (κ2) is 4.56. The molecule has 2 rings (SSSR count). The minimum absolute atomic E-state index is 0.268. The van der Waals surface area contributed by atoms with Crippen LogP contribution in [0.4, 0.5) is 10.3 Å². The summed E-state index contributed by atoms with van der Waals surface area (Å²) in [5, 5.41) is 13.9. The van der Waals surface area contributed by atoms with E-state index < -0.39 is 0 Å². The fourth-order valence-corrected chi connectivity index (χ4v) is 1.62. The summed E-state index contributed by atoms with van der Waals surface area (Å²) in [6.07, 6.45) is 0. The molecular weight excluding hydrogens is 277 g/mol. The summed E-state index contributed by atoms with van der Waals surface area (Å²) in [4.78, 5) is 0. The molecule has 84 valence electrons. The summed E-state index contributed by atoms with van der Waals surface area (Å²) >= 11 is 3.35. The number of hydrogen-bond donors (Lipinski definition) is 1. The lowest BCUT2D eigenvalue weighted by Gasteiger charge is -2.06. The third-order valence-electron chi connectivity index (χ3n) is 2.06. The summed E-state index contributed by atoms with van der Waals surface area (Å²) in [6, 6.07) is 4.53. The zero-order valence-electron chi connectivity index (χ0n) is 8.48. The standard InChI is InChI=1S/C9H9BrFN5/c1-16-9(13-14-15-16)12-5-6-4-7(11)2-3-8(6)10/h2-4H,5H2,1H3,(H,12,13,15). The van der Waals surface area contributed by atoms with Crippen molar-refractivity contribution in [1.82, 2.24) is 20.2 Å². The summed E-state index contributed by atoms with van der Waals surface area (Å²) in [6.45, 7) is 0.451. The maximum absolute atomic E-state index is 13.0. The van der Waals surface area contributed by atoms with E-state index in [1.54, 1.807) is 13.1 Å². The molecule has 1 aromatic heterocycles. The molecule has 1 heterocycles. The van der Waals surface area contributed by atoms with Crippen LogP contribution in [0.2, 0.25) is 0 Å². The number of aryl methyl sites for hydroxylation is 1. The molecule has 5 nitrogen and oxygen atoms in total. The monoisotopic (exact) mass is 285 g/mol. The van der Waals surface area contributed by atoms with Gasteiger partial charge in [0.05, 0.1) is 0 Å². The van der Waals surface area contributed by atoms with E-state index in [-0.39, 0.29) is 5.82 Å². The number of anilines is 1. The molecule has 1 N–H and O–H groups in total. The highest BCUT2D eigenvalue weighted by molar-refractivity contribution is 9.10. The van der Waals surface area contributed by atoms with Crippen LogP contribution >= 0.6 is 15.9 Å². The molecule has 0 aliphatic heterocycles. The van der Waals surface area contributed by atoms with E-state index in [2.05, 4.69) is 36.8 Å². The summed E-state index contributed by atoms with van der Waals surface area (Å²) < 4.78 is 15.3. The zero-order chi connectivity index (χ0) is 11.5. The van der Waals surface area contributed by atoms with E-state index in [4.69, 9.17) is 0 Å². The van der Waals surface area contributed by atoms with Gasteiger partial charge >= 0.3 is 0 Å². The van der Waals surface area contributed by atoms with Gasteiger partial charge in [0.1, 0.15) is 5.82 Å². The molecule has 2 aromatic rings. The van der Waals surface area contributed by atoms with Crippen LogP contribution < -0.4 is 5.32 Å². The third kappa shape index (κ3) is 2.35. The van der Waals surface area contributed by atoms with Gasteiger partial charge in [-0.05, 0) is 34.2 Å². The van der Waals surface area contributed by atoms with Crippen molar-refractivity contribution < 1.29 is 4.39 Å². The van der Waals surface area contributed by atoms with Crippen LogP contribution in [0.1, 0.15) is 5.56 Å². The topological polar surface area (TPSA) is 55.6 Å². The predicted molar refractivity (Wildman–Crippen MR) is 60.2 cm³/mol. The highest BCUT2D eigenvalue weighted by Gasteiger charge is 2.04. The van der Waals surface area contributed by atoms with Gasteiger partial charge < -0.3 is 5.32 Å². The van der Waals surface area contributed by atoms with Crippen molar-refractivity contribution in [3.63, 3.8) is 0 Å². The molecule has 7 heteroatoms. The second-order valence-corrected chi connectivity index (χ2v) is 4.07. The van der Waals surface area contributed by atoms with Gasteiger partial charge in [0.15, 0.2) is 0 Å². The summed E-state index contributed by atoms with van der Waals surface area (Å²) in [5.74, 6) is 0.271. The second-order valence-electron chi connectivity index (χ2n) is 3.22. The van der Waals surface area contributed by atoms with E-state index in [9.17, 15) is 4.39 Å². The van der Waals surface area contributed by atoms with Crippen LogP contribution in [-0.2, 0) is 13.6 Å². The number of aromatic nitrogens is 4. The van der Waals surface area contributed by atoms with Crippen molar-refractivity contribution in [3.05, 3.63) is 34.1 Å². The Morgan fingerprint density at radius 2 is 2.31 bits per heavy atom. The Hall–Kier alpha value is -1.50. The molecule has 0 aliphatic carbocycles. The average Bonchev–Trinajstić information content (AvgIpc) is 2.66.